The lowest BCUT2D eigenvalue weighted by molar-refractivity contribution is -0.235. The highest BCUT2D eigenvalue weighted by atomic mass is 16.8. The van der Waals surface area contributed by atoms with Gasteiger partial charge in [-0.2, -0.15) is 0 Å². The van der Waals surface area contributed by atoms with Crippen molar-refractivity contribution in [3.63, 3.8) is 0 Å². The molecule has 41 heavy (non-hydrogen) atoms. The molecular formula is C35H34O6. The van der Waals surface area contributed by atoms with Crippen LogP contribution in [0, 0.1) is 0 Å². The van der Waals surface area contributed by atoms with Gasteiger partial charge in [0.1, 0.15) is 24.4 Å². The second-order valence-corrected chi connectivity index (χ2v) is 10.8. The number of ketones is 1. The standard InChI is InChI=1S/C35H34O6/c1-34(2)40-31-30(39-33(32(31)41-34)37-23-25-15-7-3-8-16-25)29(36)24-38-35(26-17-9-4-10-18-26,27-19-11-5-12-20-27)28-21-13-6-14-22-28/h3-22,30-33H,23-24H2,1-2H3. The van der Waals surface area contributed by atoms with E-state index in [9.17, 15) is 4.79 Å². The Labute approximate surface area is 240 Å². The molecule has 0 amide bonds. The van der Waals surface area contributed by atoms with Gasteiger partial charge in [0.2, 0.25) is 0 Å². The maximum atomic E-state index is 13.9. The largest absolute Gasteiger partial charge is 0.353 e. The Morgan fingerprint density at radius 2 is 1.17 bits per heavy atom. The highest BCUT2D eigenvalue weighted by molar-refractivity contribution is 5.85. The van der Waals surface area contributed by atoms with E-state index in [1.54, 1.807) is 0 Å². The lowest BCUT2D eigenvalue weighted by Gasteiger charge is -2.36. The molecule has 2 aliphatic heterocycles. The Morgan fingerprint density at radius 3 is 1.68 bits per heavy atom. The minimum atomic E-state index is -1.02. The monoisotopic (exact) mass is 550 g/mol. The van der Waals surface area contributed by atoms with Gasteiger partial charge in [-0.05, 0) is 36.1 Å². The van der Waals surface area contributed by atoms with Gasteiger partial charge in [0.15, 0.2) is 24.0 Å². The van der Waals surface area contributed by atoms with Crippen molar-refractivity contribution >= 4 is 5.78 Å². The Hall–Kier alpha value is -3.65. The van der Waals surface area contributed by atoms with Crippen LogP contribution in [0.4, 0.5) is 0 Å². The van der Waals surface area contributed by atoms with Crippen molar-refractivity contribution in [2.45, 2.75) is 56.4 Å². The SMILES string of the molecule is CC1(C)OC2C(OCc3ccccc3)OC(C(=O)COC(c3ccccc3)(c3ccccc3)c3ccccc3)C2O1. The molecule has 6 nitrogen and oxygen atoms in total. The fourth-order valence-electron chi connectivity index (χ4n) is 5.74. The average molecular weight is 551 g/mol. The molecule has 0 N–H and O–H groups in total. The number of carbonyl (C=O) groups excluding carboxylic acids is 1. The summed E-state index contributed by atoms with van der Waals surface area (Å²) >= 11 is 0. The molecule has 4 atom stereocenters. The van der Waals surface area contributed by atoms with Gasteiger partial charge < -0.3 is 23.7 Å². The molecule has 2 aliphatic rings. The molecule has 0 bridgehead atoms. The van der Waals surface area contributed by atoms with E-state index >= 15 is 0 Å². The Balaban J connectivity index is 1.28. The minimum absolute atomic E-state index is 0.207. The second kappa shape index (κ2) is 11.7. The van der Waals surface area contributed by atoms with Crippen LogP contribution in [0.1, 0.15) is 36.1 Å². The van der Waals surface area contributed by atoms with Gasteiger partial charge in [-0.1, -0.05) is 121 Å². The zero-order valence-electron chi connectivity index (χ0n) is 23.2. The molecular weight excluding hydrogens is 516 g/mol. The van der Waals surface area contributed by atoms with Gasteiger partial charge in [-0.15, -0.1) is 0 Å². The summed E-state index contributed by atoms with van der Waals surface area (Å²) in [6.07, 6.45) is -2.80. The number of fused-ring (bicyclic) bond motifs is 1. The number of Topliss-reactive ketones (excluding diaryl/α,β-unsaturated/α-hetero) is 1. The average Bonchev–Trinajstić information content (AvgIpc) is 3.51. The molecule has 0 radical (unpaired) electrons. The molecule has 4 aromatic carbocycles. The maximum absolute atomic E-state index is 13.9. The van der Waals surface area contributed by atoms with Gasteiger partial charge in [0, 0.05) is 0 Å². The van der Waals surface area contributed by atoms with Gasteiger partial charge >= 0.3 is 0 Å². The number of carbonyl (C=O) groups is 1. The Morgan fingerprint density at radius 1 is 0.707 bits per heavy atom. The summed E-state index contributed by atoms with van der Waals surface area (Å²) in [5.41, 5.74) is 2.73. The van der Waals surface area contributed by atoms with Crippen LogP contribution in [0.5, 0.6) is 0 Å². The van der Waals surface area contributed by atoms with E-state index in [1.165, 1.54) is 0 Å². The van der Waals surface area contributed by atoms with Crippen LogP contribution < -0.4 is 0 Å². The molecule has 0 aromatic heterocycles. The molecule has 210 valence electrons. The smallest absolute Gasteiger partial charge is 0.190 e. The van der Waals surface area contributed by atoms with Crippen LogP contribution in [0.2, 0.25) is 0 Å². The quantitative estimate of drug-likeness (QED) is 0.225. The lowest BCUT2D eigenvalue weighted by atomic mass is 9.80. The van der Waals surface area contributed by atoms with Gasteiger partial charge in [0.25, 0.3) is 0 Å². The first-order valence-corrected chi connectivity index (χ1v) is 14.0. The van der Waals surface area contributed by atoms with Crippen molar-refractivity contribution in [3.05, 3.63) is 144 Å². The number of hydrogen-bond donors (Lipinski definition) is 0. The van der Waals surface area contributed by atoms with E-state index in [0.717, 1.165) is 22.3 Å². The first kappa shape index (κ1) is 27.5. The summed E-state index contributed by atoms with van der Waals surface area (Å²) in [7, 11) is 0. The number of rotatable bonds is 10. The van der Waals surface area contributed by atoms with Crippen LogP contribution >= 0.6 is 0 Å². The van der Waals surface area contributed by atoms with Crippen LogP contribution in [0.15, 0.2) is 121 Å². The first-order valence-electron chi connectivity index (χ1n) is 14.0. The van der Waals surface area contributed by atoms with E-state index in [-0.39, 0.29) is 12.4 Å². The summed E-state index contributed by atoms with van der Waals surface area (Å²) in [4.78, 5) is 13.9. The number of ether oxygens (including phenoxy) is 5. The van der Waals surface area contributed by atoms with Gasteiger partial charge in [0.05, 0.1) is 6.61 Å². The van der Waals surface area contributed by atoms with Gasteiger partial charge in [-0.25, -0.2) is 0 Å². The molecule has 2 fully saturated rings. The molecule has 0 aliphatic carbocycles. The van der Waals surface area contributed by atoms with Crippen LogP contribution in [0.3, 0.4) is 0 Å². The summed E-state index contributed by atoms with van der Waals surface area (Å²) in [6, 6.07) is 39.8. The molecule has 6 heteroatoms. The fraction of sp³-hybridized carbons (Fsp3) is 0.286. The van der Waals surface area contributed by atoms with E-state index < -0.39 is 36.0 Å². The third-order valence-corrected chi connectivity index (χ3v) is 7.56. The highest BCUT2D eigenvalue weighted by Crippen LogP contribution is 2.42. The molecule has 0 spiro atoms. The predicted molar refractivity (Wildman–Crippen MR) is 154 cm³/mol. The number of benzene rings is 4. The topological polar surface area (TPSA) is 63.2 Å². The maximum Gasteiger partial charge on any atom is 0.190 e. The van der Waals surface area contributed by atoms with E-state index in [1.807, 2.05) is 135 Å². The highest BCUT2D eigenvalue weighted by Gasteiger charge is 2.58. The van der Waals surface area contributed by atoms with Crippen molar-refractivity contribution < 1.29 is 28.5 Å². The summed E-state index contributed by atoms with van der Waals surface area (Å²) < 4.78 is 31.4. The molecule has 2 heterocycles. The molecule has 6 rings (SSSR count). The molecule has 4 aromatic rings. The van der Waals surface area contributed by atoms with Gasteiger partial charge in [-0.3, -0.25) is 4.79 Å². The third kappa shape index (κ3) is 5.62. The van der Waals surface area contributed by atoms with E-state index in [2.05, 4.69) is 0 Å². The van der Waals surface area contributed by atoms with Crippen molar-refractivity contribution in [1.29, 1.82) is 0 Å². The first-order chi connectivity index (χ1) is 20.0. The summed E-state index contributed by atoms with van der Waals surface area (Å²) in [6.45, 7) is 3.79. The molecule has 2 saturated heterocycles. The summed E-state index contributed by atoms with van der Waals surface area (Å²) in [5, 5.41) is 0. The minimum Gasteiger partial charge on any atom is -0.353 e. The van der Waals surface area contributed by atoms with E-state index in [4.69, 9.17) is 23.7 Å². The normalized spacial score (nSPS) is 23.3. The van der Waals surface area contributed by atoms with Crippen molar-refractivity contribution in [2.75, 3.05) is 6.61 Å². The Bertz CT molecular complexity index is 1330. The second-order valence-electron chi connectivity index (χ2n) is 10.8. The van der Waals surface area contributed by atoms with Crippen molar-refractivity contribution in [3.8, 4) is 0 Å². The Kier molecular flexibility index (Phi) is 7.84. The lowest BCUT2D eigenvalue weighted by Crippen LogP contribution is -2.41. The zero-order chi connectivity index (χ0) is 28.3. The van der Waals surface area contributed by atoms with E-state index in [0.29, 0.717) is 6.61 Å². The number of hydrogen-bond acceptors (Lipinski definition) is 6. The van der Waals surface area contributed by atoms with Crippen LogP contribution in [0.25, 0.3) is 0 Å². The van der Waals surface area contributed by atoms with Crippen molar-refractivity contribution in [1.82, 2.24) is 0 Å². The van der Waals surface area contributed by atoms with Crippen LogP contribution in [-0.2, 0) is 40.7 Å². The fourth-order valence-corrected chi connectivity index (χ4v) is 5.74. The third-order valence-electron chi connectivity index (χ3n) is 7.56. The van der Waals surface area contributed by atoms with Crippen molar-refractivity contribution in [2.24, 2.45) is 0 Å². The summed E-state index contributed by atoms with van der Waals surface area (Å²) in [5.74, 6) is -1.10. The van der Waals surface area contributed by atoms with Crippen LogP contribution in [-0.4, -0.2) is 42.8 Å². The zero-order valence-corrected chi connectivity index (χ0v) is 23.2. The molecule has 0 saturated carbocycles. The predicted octanol–water partition coefficient (Wildman–Crippen LogP) is 6.03. The molecule has 4 unspecified atom stereocenters.